The number of rotatable bonds is 4. The Kier molecular flexibility index (Phi) is 3.09. The fourth-order valence-corrected chi connectivity index (χ4v) is 1.85. The Morgan fingerprint density at radius 3 is 3.12 bits per heavy atom. The number of carbonyl (C=O) groups excluding carboxylic acids is 1. The number of aromatic hydroxyl groups is 1. The van der Waals surface area contributed by atoms with Crippen LogP contribution in [0.2, 0.25) is 0 Å². The number of carbonyl (C=O) groups is 1. The van der Waals surface area contributed by atoms with Crippen molar-refractivity contribution >= 4 is 33.3 Å². The molecule has 5 nitrogen and oxygen atoms in total. The van der Waals surface area contributed by atoms with Gasteiger partial charge in [0.1, 0.15) is 6.61 Å². The fraction of sp³-hybridized carbons (Fsp3) is 0.200. The van der Waals surface area contributed by atoms with Gasteiger partial charge in [-0.05, 0) is 18.2 Å². The highest BCUT2D eigenvalue weighted by molar-refractivity contribution is 9.10. The quantitative estimate of drug-likeness (QED) is 0.685. The van der Waals surface area contributed by atoms with Gasteiger partial charge in [0, 0.05) is 4.47 Å². The van der Waals surface area contributed by atoms with E-state index in [1.54, 1.807) is 10.7 Å². The largest absolute Gasteiger partial charge is 0.492 e. The molecular weight excluding hydrogens is 276 g/mol. The molecule has 0 saturated carbocycles. The summed E-state index contributed by atoms with van der Waals surface area (Å²) < 4.78 is 7.06. The van der Waals surface area contributed by atoms with E-state index in [0.717, 1.165) is 9.99 Å². The number of ether oxygens (including phenoxy) is 1. The molecule has 0 aliphatic heterocycles. The zero-order chi connectivity index (χ0) is 11.5. The van der Waals surface area contributed by atoms with Gasteiger partial charge in [-0.2, -0.15) is 0 Å². The SMILES string of the molecule is O=COCCn1nc(O)c2cc(Br)ccc21. The highest BCUT2D eigenvalue weighted by Gasteiger charge is 2.09. The summed E-state index contributed by atoms with van der Waals surface area (Å²) in [6.07, 6.45) is 0. The number of hydrogen-bond donors (Lipinski definition) is 1. The average Bonchev–Trinajstić information content (AvgIpc) is 2.56. The molecule has 0 atom stereocenters. The van der Waals surface area contributed by atoms with Crippen LogP contribution in [0.25, 0.3) is 10.9 Å². The Hall–Kier alpha value is -1.56. The molecule has 1 heterocycles. The van der Waals surface area contributed by atoms with Crippen molar-refractivity contribution in [3.63, 3.8) is 0 Å². The lowest BCUT2D eigenvalue weighted by molar-refractivity contribution is -0.128. The van der Waals surface area contributed by atoms with Crippen LogP contribution < -0.4 is 0 Å². The molecule has 1 N–H and O–H groups in total. The predicted octanol–water partition coefficient (Wildman–Crippen LogP) is 1.68. The van der Waals surface area contributed by atoms with E-state index in [0.29, 0.717) is 18.4 Å². The number of nitrogens with zero attached hydrogens (tertiary/aromatic N) is 2. The number of hydrogen-bond acceptors (Lipinski definition) is 4. The summed E-state index contributed by atoms with van der Waals surface area (Å²) in [6.45, 7) is 1.04. The summed E-state index contributed by atoms with van der Waals surface area (Å²) in [5, 5.41) is 14.2. The number of halogens is 1. The highest BCUT2D eigenvalue weighted by atomic mass is 79.9. The molecule has 0 bridgehead atoms. The molecule has 0 spiro atoms. The Labute approximate surface area is 99.8 Å². The van der Waals surface area contributed by atoms with E-state index in [2.05, 4.69) is 25.8 Å². The molecule has 6 heteroatoms. The van der Waals surface area contributed by atoms with Gasteiger partial charge in [-0.25, -0.2) is 0 Å². The molecule has 0 unspecified atom stereocenters. The maximum atomic E-state index is 10.0. The molecule has 0 radical (unpaired) electrons. The molecule has 16 heavy (non-hydrogen) atoms. The van der Waals surface area contributed by atoms with E-state index in [-0.39, 0.29) is 12.5 Å². The average molecular weight is 285 g/mol. The Morgan fingerprint density at radius 1 is 1.56 bits per heavy atom. The first kappa shape index (κ1) is 10.9. The zero-order valence-electron chi connectivity index (χ0n) is 8.26. The fourth-order valence-electron chi connectivity index (χ4n) is 1.49. The molecular formula is C10H9BrN2O3. The van der Waals surface area contributed by atoms with Crippen molar-refractivity contribution in [1.29, 1.82) is 0 Å². The Balaban J connectivity index is 2.35. The van der Waals surface area contributed by atoms with Gasteiger partial charge in [-0.1, -0.05) is 15.9 Å². The van der Waals surface area contributed by atoms with Crippen molar-refractivity contribution < 1.29 is 14.6 Å². The minimum Gasteiger partial charge on any atom is -0.492 e. The van der Waals surface area contributed by atoms with E-state index >= 15 is 0 Å². The van der Waals surface area contributed by atoms with Crippen LogP contribution >= 0.6 is 15.9 Å². The molecule has 2 aromatic rings. The minimum absolute atomic E-state index is 0.0256. The van der Waals surface area contributed by atoms with Crippen LogP contribution in [0.3, 0.4) is 0 Å². The lowest BCUT2D eigenvalue weighted by Gasteiger charge is -2.01. The lowest BCUT2D eigenvalue weighted by atomic mass is 10.2. The molecule has 0 aliphatic rings. The monoisotopic (exact) mass is 284 g/mol. The van der Waals surface area contributed by atoms with Crippen molar-refractivity contribution in [3.05, 3.63) is 22.7 Å². The summed E-state index contributed by atoms with van der Waals surface area (Å²) in [5.74, 6) is -0.0256. The zero-order valence-corrected chi connectivity index (χ0v) is 9.85. The topological polar surface area (TPSA) is 64.4 Å². The molecule has 1 aromatic carbocycles. The maximum Gasteiger partial charge on any atom is 0.293 e. The van der Waals surface area contributed by atoms with Gasteiger partial charge in [-0.3, -0.25) is 9.48 Å². The van der Waals surface area contributed by atoms with Crippen molar-refractivity contribution in [2.24, 2.45) is 0 Å². The first-order valence-electron chi connectivity index (χ1n) is 4.62. The summed E-state index contributed by atoms with van der Waals surface area (Å²) in [4.78, 5) is 10.0. The van der Waals surface area contributed by atoms with E-state index in [4.69, 9.17) is 0 Å². The Bertz CT molecular complexity index is 524. The van der Waals surface area contributed by atoms with Crippen LogP contribution in [0.15, 0.2) is 22.7 Å². The summed E-state index contributed by atoms with van der Waals surface area (Å²) in [5.41, 5.74) is 0.801. The van der Waals surface area contributed by atoms with Gasteiger partial charge in [-0.15, -0.1) is 5.10 Å². The molecule has 0 saturated heterocycles. The number of benzene rings is 1. The minimum atomic E-state index is -0.0256. The summed E-state index contributed by atoms with van der Waals surface area (Å²) in [6, 6.07) is 5.49. The van der Waals surface area contributed by atoms with E-state index in [9.17, 15) is 9.90 Å². The van der Waals surface area contributed by atoms with E-state index in [1.807, 2.05) is 12.1 Å². The van der Waals surface area contributed by atoms with Gasteiger partial charge in [0.25, 0.3) is 6.47 Å². The van der Waals surface area contributed by atoms with Crippen LogP contribution in [0.4, 0.5) is 0 Å². The second kappa shape index (κ2) is 4.52. The van der Waals surface area contributed by atoms with Crippen LogP contribution in [0, 0.1) is 0 Å². The lowest BCUT2D eigenvalue weighted by Crippen LogP contribution is -2.06. The first-order chi connectivity index (χ1) is 7.72. The summed E-state index contributed by atoms with van der Waals surface area (Å²) in [7, 11) is 0. The number of fused-ring (bicyclic) bond motifs is 1. The first-order valence-corrected chi connectivity index (χ1v) is 5.42. The van der Waals surface area contributed by atoms with E-state index in [1.165, 1.54) is 0 Å². The second-order valence-corrected chi connectivity index (χ2v) is 4.09. The normalized spacial score (nSPS) is 10.6. The molecule has 84 valence electrons. The molecule has 1 aromatic heterocycles. The van der Waals surface area contributed by atoms with Crippen molar-refractivity contribution in [3.8, 4) is 5.88 Å². The van der Waals surface area contributed by atoms with Crippen molar-refractivity contribution in [2.75, 3.05) is 6.61 Å². The van der Waals surface area contributed by atoms with Gasteiger partial charge in [0.05, 0.1) is 17.4 Å². The molecule has 0 fully saturated rings. The summed E-state index contributed by atoms with van der Waals surface area (Å²) >= 11 is 3.32. The van der Waals surface area contributed by atoms with Crippen molar-refractivity contribution in [2.45, 2.75) is 6.54 Å². The van der Waals surface area contributed by atoms with Crippen LogP contribution in [0.1, 0.15) is 0 Å². The third kappa shape index (κ3) is 2.01. The standard InChI is InChI=1S/C10H9BrN2O3/c11-7-1-2-9-8(5-7)10(15)12-13(9)3-4-16-6-14/h1-2,5-6H,3-4H2,(H,12,15). The number of aromatic nitrogens is 2. The van der Waals surface area contributed by atoms with Crippen LogP contribution in [0.5, 0.6) is 5.88 Å². The van der Waals surface area contributed by atoms with Crippen LogP contribution in [-0.4, -0.2) is 28.0 Å². The van der Waals surface area contributed by atoms with Crippen LogP contribution in [-0.2, 0) is 16.1 Å². The van der Waals surface area contributed by atoms with Gasteiger partial charge >= 0.3 is 0 Å². The van der Waals surface area contributed by atoms with Crippen molar-refractivity contribution in [1.82, 2.24) is 9.78 Å². The molecule has 2 rings (SSSR count). The maximum absolute atomic E-state index is 10.0. The predicted molar refractivity (Wildman–Crippen MR) is 61.1 cm³/mol. The van der Waals surface area contributed by atoms with Gasteiger partial charge in [0.2, 0.25) is 5.88 Å². The molecule has 0 aliphatic carbocycles. The smallest absolute Gasteiger partial charge is 0.293 e. The van der Waals surface area contributed by atoms with E-state index < -0.39 is 0 Å². The third-order valence-electron chi connectivity index (χ3n) is 2.18. The third-order valence-corrected chi connectivity index (χ3v) is 2.68. The molecule has 0 amide bonds. The second-order valence-electron chi connectivity index (χ2n) is 3.18. The highest BCUT2D eigenvalue weighted by Crippen LogP contribution is 2.26. The van der Waals surface area contributed by atoms with Gasteiger partial charge < -0.3 is 9.84 Å². The van der Waals surface area contributed by atoms with Gasteiger partial charge in [0.15, 0.2) is 0 Å². The Morgan fingerprint density at radius 2 is 2.38 bits per heavy atom.